The minimum Gasteiger partial charge on any atom is -0.358 e. The Balaban J connectivity index is -0.000000209. The molecule has 0 nitrogen and oxygen atoms in total. The zero-order chi connectivity index (χ0) is 27.6. The maximum atomic E-state index is 2.36. The van der Waals surface area contributed by atoms with Crippen LogP contribution in [0.2, 0.25) is 78.6 Å². The van der Waals surface area contributed by atoms with Crippen molar-refractivity contribution < 1.29 is 65.4 Å². The smallest absolute Gasteiger partial charge is 0.358 e. The third-order valence-corrected chi connectivity index (χ3v) is 14.4. The van der Waals surface area contributed by atoms with Gasteiger partial charge in [-0.1, -0.05) is 78.6 Å². The van der Waals surface area contributed by atoms with E-state index in [1.165, 1.54) is 0 Å². The van der Waals surface area contributed by atoms with Crippen LogP contribution >= 0.6 is 0 Å². The van der Waals surface area contributed by atoms with E-state index in [1.807, 2.05) is 0 Å². The average Bonchev–Trinajstić information content (AvgIpc) is 3.57. The van der Waals surface area contributed by atoms with Crippen molar-refractivity contribution in [3.8, 4) is 0 Å². The summed E-state index contributed by atoms with van der Waals surface area (Å²) in [7, 11) is -3.92. The molecule has 0 saturated heterocycles. The van der Waals surface area contributed by atoms with Gasteiger partial charge in [-0.2, -0.15) is 0 Å². The van der Waals surface area contributed by atoms with Gasteiger partial charge in [-0.3, -0.25) is 0 Å². The third kappa shape index (κ3) is 21.7. The summed E-state index contributed by atoms with van der Waals surface area (Å²) in [5.74, 6) is 0. The molecule has 4 aliphatic carbocycles. The van der Waals surface area contributed by atoms with Crippen LogP contribution in [-0.4, -0.2) is 32.3 Å². The average molecular weight is 757 g/mol. The fourth-order valence-electron chi connectivity index (χ4n) is 3.50. The molecule has 0 amide bonds. The normalized spacial score (nSPS) is 20.7. The summed E-state index contributed by atoms with van der Waals surface area (Å²) in [5, 5.41) is 0. The molecule has 0 atom stereocenters. The maximum absolute atomic E-state index is 2.36. The summed E-state index contributed by atoms with van der Waals surface area (Å²) in [6.07, 6.45) is 34.8. The van der Waals surface area contributed by atoms with Crippen molar-refractivity contribution in [1.29, 1.82) is 0 Å². The van der Waals surface area contributed by atoms with Crippen LogP contribution in [0.1, 0.15) is 0 Å². The van der Waals surface area contributed by atoms with Gasteiger partial charge in [0.25, 0.3) is 0 Å². The summed E-state index contributed by atoms with van der Waals surface area (Å²) in [5.41, 5.74) is 6.23. The van der Waals surface area contributed by atoms with E-state index in [2.05, 4.69) is 181 Å². The van der Waals surface area contributed by atoms with Gasteiger partial charge in [-0.15, -0.1) is 0 Å². The van der Waals surface area contributed by atoms with Crippen LogP contribution < -0.4 is 0 Å². The Hall–Kier alpha value is 3.08. The van der Waals surface area contributed by atoms with Crippen LogP contribution in [0.3, 0.4) is 0 Å². The van der Waals surface area contributed by atoms with E-state index in [4.69, 9.17) is 0 Å². The molecule has 0 aromatic rings. The molecule has 0 heterocycles. The van der Waals surface area contributed by atoms with Crippen molar-refractivity contribution in [2.24, 2.45) is 0 Å². The van der Waals surface area contributed by atoms with Gasteiger partial charge in [-0.25, -0.2) is 0 Å². The summed E-state index contributed by atoms with van der Waals surface area (Å²) >= 11 is 0. The minimum absolute atomic E-state index is 0. The Bertz CT molecular complexity index is 457. The van der Waals surface area contributed by atoms with E-state index in [-0.39, 0.29) is 80.3 Å². The van der Waals surface area contributed by atoms with Gasteiger partial charge in [0.2, 0.25) is 0 Å². The second-order valence-corrected chi connectivity index (χ2v) is 34.0. The van der Waals surface area contributed by atoms with E-state index in [9.17, 15) is 0 Å². The van der Waals surface area contributed by atoms with Gasteiger partial charge in [0.1, 0.15) is 0 Å². The largest absolute Gasteiger partial charge is 3.00 e. The predicted octanol–water partition coefficient (Wildman–Crippen LogP) is 9.97. The van der Waals surface area contributed by atoms with E-state index in [1.54, 1.807) is 22.2 Å². The van der Waals surface area contributed by atoms with Crippen LogP contribution in [0.25, 0.3) is 0 Å². The monoisotopic (exact) mass is 756 g/mol. The molecule has 0 spiro atoms. The van der Waals surface area contributed by atoms with Crippen LogP contribution in [0.4, 0.5) is 0 Å². The molecule has 4 saturated carbocycles. The number of hydrogen-bond acceptors (Lipinski definition) is 0. The molecule has 212 valence electrons. The quantitative estimate of drug-likeness (QED) is 0.198. The van der Waals surface area contributed by atoms with Crippen LogP contribution in [-0.2, 0) is 65.4 Å². The summed E-state index contributed by atoms with van der Waals surface area (Å²) < 4.78 is 0. The van der Waals surface area contributed by atoms with Crippen LogP contribution in [0, 0.1) is 140 Å². The molecule has 6 heteroatoms. The summed E-state index contributed by atoms with van der Waals surface area (Å²) in [4.78, 5) is 0. The first kappa shape index (κ1) is 49.9. The predicted molar refractivity (Wildman–Crippen MR) is 188 cm³/mol. The zero-order valence-electron chi connectivity index (χ0n) is 28.4. The van der Waals surface area contributed by atoms with Crippen molar-refractivity contribution in [3.63, 3.8) is 0 Å². The zero-order valence-corrected chi connectivity index (χ0v) is 38.1. The van der Waals surface area contributed by atoms with Gasteiger partial charge in [-0.05, 0) is 125 Å². The number of rotatable bonds is 4. The van der Waals surface area contributed by atoms with E-state index in [0.29, 0.717) is 0 Å². The van der Waals surface area contributed by atoms with Gasteiger partial charge >= 0.3 is 65.4 Å². The fraction of sp³-hybridized carbons (Fsp3) is 0.353. The summed E-state index contributed by atoms with van der Waals surface area (Å²) in [6, 6.07) is 0. The second-order valence-electron chi connectivity index (χ2n) is 13.7. The van der Waals surface area contributed by atoms with Gasteiger partial charge in [0.15, 0.2) is 0 Å². The van der Waals surface area contributed by atoms with Crippen molar-refractivity contribution in [2.45, 2.75) is 78.6 Å². The summed E-state index contributed by atoms with van der Waals surface area (Å²) in [6.45, 7) is 28.4. The molecule has 0 unspecified atom stereocenters. The van der Waals surface area contributed by atoms with Crippen molar-refractivity contribution in [1.82, 2.24) is 0 Å². The molecular weight excluding hydrogens is 699 g/mol. The van der Waals surface area contributed by atoms with Crippen molar-refractivity contribution in [2.75, 3.05) is 0 Å². The van der Waals surface area contributed by atoms with E-state index < -0.39 is 32.3 Å². The Morgan fingerprint density at radius 1 is 0.275 bits per heavy atom. The molecule has 4 fully saturated rings. The van der Waals surface area contributed by atoms with E-state index in [0.717, 1.165) is 0 Å². The molecular formula is C34H58Si4Y2+4. The third-order valence-electron chi connectivity index (χ3n) is 6.11. The molecule has 0 aromatic carbocycles. The molecule has 4 aliphatic rings. The topological polar surface area (TPSA) is 0 Å². The van der Waals surface area contributed by atoms with Gasteiger partial charge in [0.05, 0.1) is 32.3 Å². The molecule has 4 rings (SSSR count). The first-order chi connectivity index (χ1) is 16.4. The maximum Gasteiger partial charge on any atom is 3.00 e. The van der Waals surface area contributed by atoms with Crippen LogP contribution in [0.5, 0.6) is 0 Å². The SMILES string of the molecule is C[Si](C)(C)[C]1[CH][CH][CH][CH]1.C[Si](C)(C)[C]1[CH][CH][CH][CH]1.C[Si](C)(C)[C]1[CH][CH][CH][CH]1.C[Si](C)(C)[C]1[CH][CH][CH][CH]1.[CH3-].[CH3-].[Y+3].[Y+3]. The Morgan fingerprint density at radius 3 is 0.425 bits per heavy atom. The number of hydrogen-bond donors (Lipinski definition) is 0. The molecule has 0 N–H and O–H groups in total. The first-order valence-electron chi connectivity index (χ1n) is 13.3. The molecule has 40 heavy (non-hydrogen) atoms. The molecule has 0 aliphatic heterocycles. The fourth-order valence-corrected chi connectivity index (χ4v) is 8.27. The van der Waals surface area contributed by atoms with E-state index >= 15 is 0 Å². The van der Waals surface area contributed by atoms with Crippen molar-refractivity contribution >= 4 is 32.3 Å². The van der Waals surface area contributed by atoms with Crippen molar-refractivity contribution in [3.05, 3.63) is 140 Å². The standard InChI is InChI=1S/4C8H13Si.2CH3.2Y/c4*1-9(2,3)8-6-4-5-7-8;;;;/h4*4-7H,1-3H3;2*1H3;;/q;;;;2*-1;2*+3. The van der Waals surface area contributed by atoms with Gasteiger partial charge in [0, 0.05) is 0 Å². The second kappa shape index (κ2) is 23.4. The Kier molecular flexibility index (Phi) is 29.2. The first-order valence-corrected chi connectivity index (χ1v) is 27.3. The molecule has 20 radical (unpaired) electrons. The molecule has 0 aromatic heterocycles. The van der Waals surface area contributed by atoms with Gasteiger partial charge < -0.3 is 14.9 Å². The Morgan fingerprint density at radius 2 is 0.375 bits per heavy atom. The Labute approximate surface area is 312 Å². The van der Waals surface area contributed by atoms with Crippen LogP contribution in [0.15, 0.2) is 0 Å². The minimum atomic E-state index is -0.981. The molecule has 0 bridgehead atoms.